The summed E-state index contributed by atoms with van der Waals surface area (Å²) in [5, 5.41) is 7.00. The highest BCUT2D eigenvalue weighted by Gasteiger charge is 2.13. The highest BCUT2D eigenvalue weighted by Crippen LogP contribution is 2.24. The number of aromatic nitrogens is 6. The van der Waals surface area contributed by atoms with Gasteiger partial charge in [0, 0.05) is 17.6 Å². The predicted octanol–water partition coefficient (Wildman–Crippen LogP) is 3.08. The molecule has 0 unspecified atom stereocenters. The first-order chi connectivity index (χ1) is 14.1. The molecule has 0 amide bonds. The first kappa shape index (κ1) is 17.5. The molecule has 0 aliphatic carbocycles. The van der Waals surface area contributed by atoms with E-state index in [0.29, 0.717) is 27.6 Å². The maximum Gasteiger partial charge on any atom is 0.258 e. The van der Waals surface area contributed by atoms with Crippen LogP contribution >= 0.6 is 11.3 Å². The van der Waals surface area contributed by atoms with Crippen molar-refractivity contribution in [2.75, 3.05) is 0 Å². The summed E-state index contributed by atoms with van der Waals surface area (Å²) in [5.41, 5.74) is 4.30. The summed E-state index contributed by atoms with van der Waals surface area (Å²) in [4.78, 5) is 25.8. The third kappa shape index (κ3) is 3.15. The van der Waals surface area contributed by atoms with Crippen LogP contribution in [-0.2, 0) is 6.61 Å². The van der Waals surface area contributed by atoms with Crippen LogP contribution in [0.4, 0.5) is 0 Å². The maximum atomic E-state index is 12.1. The van der Waals surface area contributed by atoms with Gasteiger partial charge in [-0.1, -0.05) is 6.07 Å². The minimum atomic E-state index is -0.134. The fourth-order valence-corrected chi connectivity index (χ4v) is 4.04. The summed E-state index contributed by atoms with van der Waals surface area (Å²) in [5.74, 6) is 0.402. The number of hydrogen-bond donors (Lipinski definition) is 0. The molecule has 0 aliphatic heterocycles. The van der Waals surface area contributed by atoms with Crippen LogP contribution in [0.25, 0.3) is 21.7 Å². The van der Waals surface area contributed by atoms with Crippen molar-refractivity contribution in [3.05, 3.63) is 75.5 Å². The summed E-state index contributed by atoms with van der Waals surface area (Å²) in [6.45, 7) is 4.22. The van der Waals surface area contributed by atoms with Gasteiger partial charge in [0.1, 0.15) is 18.3 Å². The number of hydrogen-bond acceptors (Lipinski definition) is 7. The third-order valence-electron chi connectivity index (χ3n) is 4.49. The van der Waals surface area contributed by atoms with Gasteiger partial charge in [-0.05, 0) is 37.1 Å². The van der Waals surface area contributed by atoms with Crippen LogP contribution in [0.5, 0.6) is 5.88 Å². The van der Waals surface area contributed by atoms with Crippen molar-refractivity contribution >= 4 is 27.3 Å². The minimum absolute atomic E-state index is 0.129. The molecule has 0 N–H and O–H groups in total. The molecule has 5 aromatic rings. The Balaban J connectivity index is 1.49. The van der Waals surface area contributed by atoms with Crippen LogP contribution in [-0.4, -0.2) is 29.1 Å². The van der Waals surface area contributed by atoms with Crippen LogP contribution < -0.4 is 10.3 Å². The van der Waals surface area contributed by atoms with E-state index in [1.54, 1.807) is 17.1 Å². The van der Waals surface area contributed by atoms with E-state index in [4.69, 9.17) is 4.74 Å². The Bertz CT molecular complexity index is 1400. The molecule has 1 aromatic carbocycles. The Labute approximate surface area is 169 Å². The molecule has 8 nitrogen and oxygen atoms in total. The number of fused-ring (bicyclic) bond motifs is 2. The fraction of sp³-hybridized carbons (Fsp3) is 0.150. The van der Waals surface area contributed by atoms with Gasteiger partial charge in [0.25, 0.3) is 5.56 Å². The molecule has 5 rings (SSSR count). The second-order valence-electron chi connectivity index (χ2n) is 6.75. The van der Waals surface area contributed by atoms with Crippen LogP contribution in [0.2, 0.25) is 0 Å². The summed E-state index contributed by atoms with van der Waals surface area (Å²) in [6.07, 6.45) is 4.84. The van der Waals surface area contributed by atoms with Crippen molar-refractivity contribution in [1.29, 1.82) is 0 Å². The average molecular weight is 404 g/mol. The Hall–Kier alpha value is -3.59. The lowest BCUT2D eigenvalue weighted by Crippen LogP contribution is -2.14. The molecule has 0 saturated heterocycles. The molecule has 0 aliphatic rings. The zero-order valence-electron chi connectivity index (χ0n) is 15.7. The molecule has 4 heterocycles. The van der Waals surface area contributed by atoms with E-state index in [9.17, 15) is 4.79 Å². The van der Waals surface area contributed by atoms with Crippen molar-refractivity contribution in [2.45, 2.75) is 20.5 Å². The summed E-state index contributed by atoms with van der Waals surface area (Å²) < 4.78 is 9.15. The van der Waals surface area contributed by atoms with E-state index in [2.05, 4.69) is 38.2 Å². The van der Waals surface area contributed by atoms with E-state index in [-0.39, 0.29) is 12.2 Å². The van der Waals surface area contributed by atoms with E-state index < -0.39 is 0 Å². The zero-order chi connectivity index (χ0) is 20.0. The first-order valence-corrected chi connectivity index (χ1v) is 9.82. The van der Waals surface area contributed by atoms with Crippen LogP contribution in [0.15, 0.2) is 53.2 Å². The van der Waals surface area contributed by atoms with Gasteiger partial charge in [0.2, 0.25) is 5.88 Å². The van der Waals surface area contributed by atoms with E-state index in [1.807, 2.05) is 19.2 Å². The van der Waals surface area contributed by atoms with Gasteiger partial charge in [0.15, 0.2) is 10.6 Å². The quantitative estimate of drug-likeness (QED) is 0.457. The number of ether oxygens (including phenoxy) is 1. The van der Waals surface area contributed by atoms with Crippen molar-refractivity contribution < 1.29 is 4.74 Å². The molecular formula is C20H16N6O2S. The highest BCUT2D eigenvalue weighted by atomic mass is 32.1. The molecule has 0 radical (unpaired) electrons. The molecule has 0 spiro atoms. The lowest BCUT2D eigenvalue weighted by molar-refractivity contribution is 0.293. The number of aryl methyl sites for hydroxylation is 2. The van der Waals surface area contributed by atoms with E-state index >= 15 is 0 Å². The molecule has 9 heteroatoms. The van der Waals surface area contributed by atoms with Gasteiger partial charge in [-0.2, -0.15) is 5.10 Å². The van der Waals surface area contributed by atoms with Gasteiger partial charge in [0.05, 0.1) is 17.6 Å². The van der Waals surface area contributed by atoms with E-state index in [1.165, 1.54) is 28.1 Å². The summed E-state index contributed by atoms with van der Waals surface area (Å²) >= 11 is 1.40. The number of nitrogens with zero attached hydrogens (tertiary/aromatic N) is 6. The molecule has 4 aromatic heterocycles. The zero-order valence-corrected chi connectivity index (χ0v) is 16.6. The molecular weight excluding hydrogens is 388 g/mol. The number of benzene rings is 1. The van der Waals surface area contributed by atoms with Gasteiger partial charge < -0.3 is 4.74 Å². The smallest absolute Gasteiger partial charge is 0.258 e. The van der Waals surface area contributed by atoms with Gasteiger partial charge in [-0.15, -0.1) is 11.3 Å². The van der Waals surface area contributed by atoms with Gasteiger partial charge in [-0.3, -0.25) is 9.20 Å². The maximum absolute atomic E-state index is 12.1. The second-order valence-corrected chi connectivity index (χ2v) is 7.62. The first-order valence-electron chi connectivity index (χ1n) is 8.94. The molecule has 0 saturated carbocycles. The van der Waals surface area contributed by atoms with Crippen molar-refractivity contribution in [3.63, 3.8) is 0 Å². The molecule has 0 fully saturated rings. The molecule has 0 bridgehead atoms. The lowest BCUT2D eigenvalue weighted by atomic mass is 10.1. The Kier molecular flexibility index (Phi) is 4.09. The van der Waals surface area contributed by atoms with E-state index in [0.717, 1.165) is 16.8 Å². The normalized spacial score (nSPS) is 11.4. The topological polar surface area (TPSA) is 87.2 Å². The summed E-state index contributed by atoms with van der Waals surface area (Å²) in [7, 11) is 0. The van der Waals surface area contributed by atoms with Crippen molar-refractivity contribution in [2.24, 2.45) is 0 Å². The standard InChI is InChI=1S/C20H16N6O2S/c1-12-5-13(2)7-15(6-12)26-18-16(9-23-26)19(22-11-21-18)28-10-14-8-17(27)25-3-4-29-20(25)24-14/h3-9,11H,10H2,1-2H3. The monoisotopic (exact) mass is 404 g/mol. The van der Waals surface area contributed by atoms with Crippen LogP contribution in [0.3, 0.4) is 0 Å². The largest absolute Gasteiger partial charge is 0.471 e. The Morgan fingerprint density at radius 1 is 1.10 bits per heavy atom. The molecule has 144 valence electrons. The highest BCUT2D eigenvalue weighted by molar-refractivity contribution is 7.15. The average Bonchev–Trinajstić information content (AvgIpc) is 3.33. The molecule has 29 heavy (non-hydrogen) atoms. The number of rotatable bonds is 4. The minimum Gasteiger partial charge on any atom is -0.471 e. The van der Waals surface area contributed by atoms with Gasteiger partial charge >= 0.3 is 0 Å². The fourth-order valence-electron chi connectivity index (χ4n) is 3.30. The Morgan fingerprint density at radius 2 is 1.93 bits per heavy atom. The summed E-state index contributed by atoms with van der Waals surface area (Å²) in [6, 6.07) is 7.68. The van der Waals surface area contributed by atoms with Gasteiger partial charge in [-0.25, -0.2) is 19.6 Å². The van der Waals surface area contributed by atoms with Crippen LogP contribution in [0, 0.1) is 13.8 Å². The van der Waals surface area contributed by atoms with Crippen molar-refractivity contribution in [1.82, 2.24) is 29.1 Å². The van der Waals surface area contributed by atoms with Crippen LogP contribution in [0.1, 0.15) is 16.8 Å². The third-order valence-corrected chi connectivity index (χ3v) is 5.25. The number of thiazole rings is 1. The second kappa shape index (κ2) is 6.78. The Morgan fingerprint density at radius 3 is 2.76 bits per heavy atom. The lowest BCUT2D eigenvalue weighted by Gasteiger charge is -2.07. The SMILES string of the molecule is Cc1cc(C)cc(-n2ncc3c(OCc4cc(=O)n5ccsc5n4)ncnc32)c1. The van der Waals surface area contributed by atoms with Crippen molar-refractivity contribution in [3.8, 4) is 11.6 Å². The molecule has 0 atom stereocenters. The predicted molar refractivity (Wildman–Crippen MR) is 110 cm³/mol.